The minimum atomic E-state index is -0.595. The molecule has 4 aromatic rings. The van der Waals surface area contributed by atoms with Crippen LogP contribution in [-0.2, 0) is 4.74 Å². The first-order valence-corrected chi connectivity index (χ1v) is 12.7. The second-order valence-electron chi connectivity index (χ2n) is 10.0. The van der Waals surface area contributed by atoms with Crippen LogP contribution in [0.2, 0.25) is 0 Å². The number of nitrogens with zero attached hydrogens (tertiary/aromatic N) is 2. The highest BCUT2D eigenvalue weighted by molar-refractivity contribution is 6.19. The average molecular weight is 497 g/mol. The van der Waals surface area contributed by atoms with Gasteiger partial charge in [0, 0.05) is 34.9 Å². The molecule has 1 amide bonds. The minimum Gasteiger partial charge on any atom is -0.443 e. The molecular weight excluding hydrogens is 468 g/mol. The third-order valence-electron chi connectivity index (χ3n) is 6.27. The van der Waals surface area contributed by atoms with Crippen LogP contribution in [0.4, 0.5) is 16.2 Å². The number of amides is 1. The second kappa shape index (κ2) is 9.79. The summed E-state index contributed by atoms with van der Waals surface area (Å²) in [6.07, 6.45) is -0.368. The van der Waals surface area contributed by atoms with Crippen molar-refractivity contribution in [2.75, 3.05) is 17.3 Å². The standard InChI is InChI=1S/C31H29ClN2O2/c1-31(2,3)36-30(35)34-20-23(19-32)28-25-17-11-10-16-24(25)26(18-27(28)34)33-29(21-12-6-4-7-13-21)22-14-8-5-9-15-22/h4-18,23H,19-20H2,1-3H3/t23-/m1/s1. The minimum absolute atomic E-state index is 0.0137. The van der Waals surface area contributed by atoms with Crippen LogP contribution in [0.1, 0.15) is 43.4 Å². The first-order valence-electron chi connectivity index (χ1n) is 12.2. The third kappa shape index (κ3) is 4.74. The van der Waals surface area contributed by atoms with E-state index in [1.807, 2.05) is 75.4 Å². The fraction of sp³-hybridized carbons (Fsp3) is 0.226. The molecule has 182 valence electrons. The summed E-state index contributed by atoms with van der Waals surface area (Å²) in [5.41, 5.74) is 5.01. The number of hydrogen-bond donors (Lipinski definition) is 0. The number of ether oxygens (including phenoxy) is 1. The Morgan fingerprint density at radius 2 is 1.47 bits per heavy atom. The number of fused-ring (bicyclic) bond motifs is 3. The van der Waals surface area contributed by atoms with Gasteiger partial charge in [0.1, 0.15) is 5.60 Å². The predicted octanol–water partition coefficient (Wildman–Crippen LogP) is 8.09. The number of halogens is 1. The van der Waals surface area contributed by atoms with E-state index in [9.17, 15) is 4.79 Å². The van der Waals surface area contributed by atoms with Gasteiger partial charge in [0.2, 0.25) is 0 Å². The lowest BCUT2D eigenvalue weighted by Crippen LogP contribution is -2.36. The van der Waals surface area contributed by atoms with Crippen LogP contribution >= 0.6 is 11.6 Å². The molecule has 0 aromatic heterocycles. The zero-order valence-corrected chi connectivity index (χ0v) is 21.5. The lowest BCUT2D eigenvalue weighted by Gasteiger charge is -2.25. The van der Waals surface area contributed by atoms with Gasteiger partial charge in [-0.05, 0) is 37.8 Å². The Balaban J connectivity index is 1.74. The van der Waals surface area contributed by atoms with E-state index in [0.29, 0.717) is 12.4 Å². The molecule has 36 heavy (non-hydrogen) atoms. The predicted molar refractivity (Wildman–Crippen MR) is 149 cm³/mol. The number of aliphatic imine (C=N–C) groups is 1. The highest BCUT2D eigenvalue weighted by Crippen LogP contribution is 2.46. The molecular formula is C31H29ClN2O2. The maximum Gasteiger partial charge on any atom is 0.414 e. The fourth-order valence-electron chi connectivity index (χ4n) is 4.74. The van der Waals surface area contributed by atoms with Gasteiger partial charge in [0.15, 0.2) is 0 Å². The maximum atomic E-state index is 13.2. The molecule has 0 saturated carbocycles. The van der Waals surface area contributed by atoms with Crippen LogP contribution in [0.5, 0.6) is 0 Å². The van der Waals surface area contributed by atoms with Crippen LogP contribution in [0.3, 0.4) is 0 Å². The molecule has 0 saturated heterocycles. The van der Waals surface area contributed by atoms with Gasteiger partial charge < -0.3 is 4.74 Å². The Hall–Kier alpha value is -3.63. The molecule has 0 radical (unpaired) electrons. The summed E-state index contributed by atoms with van der Waals surface area (Å²) in [7, 11) is 0. The van der Waals surface area contributed by atoms with Crippen LogP contribution in [0, 0.1) is 0 Å². The number of alkyl halides is 1. The molecule has 5 rings (SSSR count). The third-order valence-corrected chi connectivity index (χ3v) is 6.64. The van der Waals surface area contributed by atoms with Gasteiger partial charge in [-0.15, -0.1) is 11.6 Å². The van der Waals surface area contributed by atoms with Crippen molar-refractivity contribution in [3.8, 4) is 0 Å². The summed E-state index contributed by atoms with van der Waals surface area (Å²) in [6, 6.07) is 30.6. The summed E-state index contributed by atoms with van der Waals surface area (Å²) >= 11 is 6.42. The summed E-state index contributed by atoms with van der Waals surface area (Å²) < 4.78 is 5.75. The number of hydrogen-bond acceptors (Lipinski definition) is 3. The molecule has 0 bridgehead atoms. The number of carbonyl (C=O) groups excluding carboxylic acids is 1. The van der Waals surface area contributed by atoms with Crippen LogP contribution in [-0.4, -0.2) is 29.8 Å². The molecule has 4 aromatic carbocycles. The van der Waals surface area contributed by atoms with E-state index in [4.69, 9.17) is 21.3 Å². The van der Waals surface area contributed by atoms with Gasteiger partial charge in [-0.1, -0.05) is 84.9 Å². The molecule has 4 nitrogen and oxygen atoms in total. The Bertz CT molecular complexity index is 1380. The van der Waals surface area contributed by atoms with E-state index in [1.165, 1.54) is 0 Å². The Labute approximate surface area is 217 Å². The van der Waals surface area contributed by atoms with Gasteiger partial charge >= 0.3 is 6.09 Å². The number of anilines is 1. The summed E-state index contributed by atoms with van der Waals surface area (Å²) in [5, 5.41) is 2.09. The lowest BCUT2D eigenvalue weighted by atomic mass is 9.94. The molecule has 1 atom stereocenters. The van der Waals surface area contributed by atoms with Crippen molar-refractivity contribution in [3.05, 3.63) is 108 Å². The number of carbonyl (C=O) groups is 1. The SMILES string of the molecule is CC(C)(C)OC(=O)N1C[C@@H](CCl)c2c1cc(N=C(c1ccccc1)c1ccccc1)c1ccccc21. The average Bonchev–Trinajstić information content (AvgIpc) is 3.26. The zero-order chi connectivity index (χ0) is 25.3. The zero-order valence-electron chi connectivity index (χ0n) is 20.7. The van der Waals surface area contributed by atoms with Crippen molar-refractivity contribution in [1.29, 1.82) is 0 Å². The van der Waals surface area contributed by atoms with E-state index < -0.39 is 5.60 Å². The van der Waals surface area contributed by atoms with E-state index in [-0.39, 0.29) is 12.0 Å². The number of benzene rings is 4. The Morgan fingerprint density at radius 1 is 0.917 bits per heavy atom. The van der Waals surface area contributed by atoms with E-state index in [0.717, 1.165) is 44.5 Å². The summed E-state index contributed by atoms with van der Waals surface area (Å²) in [4.78, 5) is 20.2. The van der Waals surface area contributed by atoms with Crippen LogP contribution in [0.25, 0.3) is 10.8 Å². The van der Waals surface area contributed by atoms with E-state index in [1.54, 1.807) is 4.90 Å². The molecule has 0 aliphatic carbocycles. The van der Waals surface area contributed by atoms with Crippen LogP contribution in [0.15, 0.2) is 96.0 Å². The van der Waals surface area contributed by atoms with Gasteiger partial charge in [0.25, 0.3) is 0 Å². The van der Waals surface area contributed by atoms with Crippen molar-refractivity contribution in [2.45, 2.75) is 32.3 Å². The molecule has 0 unspecified atom stereocenters. The summed E-state index contributed by atoms with van der Waals surface area (Å²) in [5.74, 6) is 0.429. The first-order chi connectivity index (χ1) is 17.4. The number of rotatable bonds is 4. The van der Waals surface area contributed by atoms with E-state index >= 15 is 0 Å². The van der Waals surface area contributed by atoms with Crippen molar-refractivity contribution >= 4 is 45.6 Å². The normalized spacial score (nSPS) is 15.0. The van der Waals surface area contributed by atoms with Gasteiger partial charge in [-0.25, -0.2) is 9.79 Å². The molecule has 1 heterocycles. The highest BCUT2D eigenvalue weighted by atomic mass is 35.5. The van der Waals surface area contributed by atoms with E-state index in [2.05, 4.69) is 36.4 Å². The highest BCUT2D eigenvalue weighted by Gasteiger charge is 2.36. The second-order valence-corrected chi connectivity index (χ2v) is 10.3. The molecule has 0 spiro atoms. The van der Waals surface area contributed by atoms with Crippen molar-refractivity contribution in [3.63, 3.8) is 0 Å². The van der Waals surface area contributed by atoms with Gasteiger partial charge in [-0.3, -0.25) is 4.90 Å². The van der Waals surface area contributed by atoms with Gasteiger partial charge in [0.05, 0.1) is 17.1 Å². The van der Waals surface area contributed by atoms with Crippen molar-refractivity contribution in [2.24, 2.45) is 4.99 Å². The van der Waals surface area contributed by atoms with Crippen molar-refractivity contribution < 1.29 is 9.53 Å². The smallest absolute Gasteiger partial charge is 0.414 e. The first kappa shape index (κ1) is 24.1. The molecule has 1 aliphatic rings. The summed E-state index contributed by atoms with van der Waals surface area (Å²) in [6.45, 7) is 6.12. The Morgan fingerprint density at radius 3 is 2.03 bits per heavy atom. The topological polar surface area (TPSA) is 41.9 Å². The Kier molecular flexibility index (Phi) is 6.55. The quantitative estimate of drug-likeness (QED) is 0.211. The molecule has 5 heteroatoms. The lowest BCUT2D eigenvalue weighted by molar-refractivity contribution is 0.0582. The van der Waals surface area contributed by atoms with Crippen LogP contribution < -0.4 is 4.90 Å². The molecule has 0 N–H and O–H groups in total. The maximum absolute atomic E-state index is 13.2. The van der Waals surface area contributed by atoms with Crippen molar-refractivity contribution in [1.82, 2.24) is 0 Å². The molecule has 1 aliphatic heterocycles. The molecule has 0 fully saturated rings. The fourth-order valence-corrected chi connectivity index (χ4v) is 5.00. The monoisotopic (exact) mass is 496 g/mol. The largest absolute Gasteiger partial charge is 0.443 e. The van der Waals surface area contributed by atoms with Gasteiger partial charge in [-0.2, -0.15) is 0 Å².